The normalized spacial score (nSPS) is 33.5. The lowest BCUT2D eigenvalue weighted by atomic mass is 9.78. The molecule has 1 heterocycles. The van der Waals surface area contributed by atoms with Crippen LogP contribution >= 0.6 is 0 Å². The largest absolute Gasteiger partial charge is 0.508 e. The summed E-state index contributed by atoms with van der Waals surface area (Å²) >= 11 is 0. The summed E-state index contributed by atoms with van der Waals surface area (Å²) in [5, 5.41) is 81.9. The number of hydrogen-bond donors (Lipinski definition) is 8. The van der Waals surface area contributed by atoms with Gasteiger partial charge in [0.15, 0.2) is 0 Å². The van der Waals surface area contributed by atoms with Crippen molar-refractivity contribution < 1.29 is 69.4 Å². The Labute approximate surface area is 233 Å². The second-order valence-electron chi connectivity index (χ2n) is 9.90. The number of carbonyl (C=O) groups is 2. The van der Waals surface area contributed by atoms with Gasteiger partial charge in [-0.2, -0.15) is 0 Å². The van der Waals surface area contributed by atoms with Gasteiger partial charge in [0.25, 0.3) is 0 Å². The first kappa shape index (κ1) is 30.6. The quantitative estimate of drug-likeness (QED) is 0.159. The molecule has 4 rings (SSSR count). The van der Waals surface area contributed by atoms with E-state index in [1.807, 2.05) is 0 Å². The van der Waals surface area contributed by atoms with Crippen molar-refractivity contribution >= 4 is 11.9 Å². The number of carbonyl (C=O) groups excluding carboxylic acids is 2. The molecule has 2 aromatic carbocycles. The van der Waals surface area contributed by atoms with Crippen molar-refractivity contribution in [3.63, 3.8) is 0 Å². The van der Waals surface area contributed by atoms with Crippen LogP contribution in [0.4, 0.5) is 0 Å². The summed E-state index contributed by atoms with van der Waals surface area (Å²) in [6.07, 6.45) is -13.6. The predicted molar refractivity (Wildman–Crippen MR) is 134 cm³/mol. The standard InChI is InChI=1S/C27H32O14/c28-15-6-8-17(14(10-15)11-39-26(36)27(37)19(30)9-7-16(29)23(27)34)40-25-22(33)21(32)20(31)18(41-25)12-38-24(35)13-4-2-1-3-5-13/h1-6,8,10,16,18-23,25,28-34,37H,7,9,11-12H2/t16-,18+,19-,20+,21-,22+,23+,25+,27+/m1/s1. The SMILES string of the molecule is O=C(OC[C@@H]1O[C@H](Oc2ccc(O)cc2COC(=O)[C@]2(O)[C@H](O)CC[C@@H](O)[C@@H]2O)[C@@H](O)[C@H](O)[C@H]1O)c1ccccc1. The molecule has 0 unspecified atom stereocenters. The van der Waals surface area contributed by atoms with Crippen molar-refractivity contribution in [2.45, 2.75) is 74.1 Å². The van der Waals surface area contributed by atoms with E-state index in [0.717, 1.165) is 6.07 Å². The number of aromatic hydroxyl groups is 1. The Hall–Kier alpha value is -3.34. The van der Waals surface area contributed by atoms with E-state index in [1.165, 1.54) is 24.3 Å². The van der Waals surface area contributed by atoms with Crippen LogP contribution in [-0.2, 0) is 25.6 Å². The number of rotatable bonds is 8. The Morgan fingerprint density at radius 2 is 1.61 bits per heavy atom. The first-order valence-corrected chi connectivity index (χ1v) is 12.8. The van der Waals surface area contributed by atoms with E-state index in [-0.39, 0.29) is 35.5 Å². The molecular weight excluding hydrogens is 548 g/mol. The minimum atomic E-state index is -2.82. The van der Waals surface area contributed by atoms with Crippen LogP contribution in [0, 0.1) is 0 Å². The maximum Gasteiger partial charge on any atom is 0.344 e. The van der Waals surface area contributed by atoms with E-state index < -0.39 is 79.8 Å². The van der Waals surface area contributed by atoms with Gasteiger partial charge in [-0.3, -0.25) is 0 Å². The number of aliphatic hydroxyl groups is 7. The molecule has 0 bridgehead atoms. The van der Waals surface area contributed by atoms with Crippen molar-refractivity contribution in [3.05, 3.63) is 59.7 Å². The van der Waals surface area contributed by atoms with Gasteiger partial charge in [0.05, 0.1) is 17.8 Å². The molecule has 2 aliphatic rings. The summed E-state index contributed by atoms with van der Waals surface area (Å²) < 4.78 is 21.5. The highest BCUT2D eigenvalue weighted by molar-refractivity contribution is 5.89. The molecule has 1 aliphatic heterocycles. The zero-order valence-corrected chi connectivity index (χ0v) is 21.6. The summed E-state index contributed by atoms with van der Waals surface area (Å²) in [6.45, 7) is -1.18. The van der Waals surface area contributed by atoms with Gasteiger partial charge in [-0.15, -0.1) is 0 Å². The van der Waals surface area contributed by atoms with Crippen LogP contribution in [0.25, 0.3) is 0 Å². The third-order valence-electron chi connectivity index (χ3n) is 7.09. The number of phenols is 1. The third kappa shape index (κ3) is 6.45. The van der Waals surface area contributed by atoms with Gasteiger partial charge in [-0.25, -0.2) is 9.59 Å². The smallest absolute Gasteiger partial charge is 0.344 e. The van der Waals surface area contributed by atoms with Gasteiger partial charge in [-0.05, 0) is 43.2 Å². The van der Waals surface area contributed by atoms with E-state index in [0.29, 0.717) is 0 Å². The Morgan fingerprint density at radius 1 is 0.902 bits per heavy atom. The zero-order chi connectivity index (χ0) is 29.9. The molecule has 2 fully saturated rings. The lowest BCUT2D eigenvalue weighted by molar-refractivity contribution is -0.277. The maximum atomic E-state index is 12.7. The maximum absolute atomic E-state index is 12.7. The summed E-state index contributed by atoms with van der Waals surface area (Å²) in [5.41, 5.74) is -2.60. The highest BCUT2D eigenvalue weighted by Crippen LogP contribution is 2.33. The molecule has 14 heteroatoms. The molecule has 14 nitrogen and oxygen atoms in total. The molecule has 1 saturated carbocycles. The topological polar surface area (TPSA) is 233 Å². The fourth-order valence-electron chi connectivity index (χ4n) is 4.60. The van der Waals surface area contributed by atoms with Crippen molar-refractivity contribution in [3.8, 4) is 11.5 Å². The fraction of sp³-hybridized carbons (Fsp3) is 0.481. The monoisotopic (exact) mass is 580 g/mol. The first-order chi connectivity index (χ1) is 19.4. The second-order valence-corrected chi connectivity index (χ2v) is 9.90. The molecule has 2 aromatic rings. The molecule has 1 saturated heterocycles. The molecule has 9 atom stereocenters. The van der Waals surface area contributed by atoms with Gasteiger partial charge in [0, 0.05) is 5.56 Å². The van der Waals surface area contributed by atoms with Crippen molar-refractivity contribution in [2.24, 2.45) is 0 Å². The van der Waals surface area contributed by atoms with Gasteiger partial charge >= 0.3 is 11.9 Å². The Morgan fingerprint density at radius 3 is 2.32 bits per heavy atom. The second kappa shape index (κ2) is 12.7. The Balaban J connectivity index is 1.45. The van der Waals surface area contributed by atoms with Crippen LogP contribution in [0.5, 0.6) is 11.5 Å². The van der Waals surface area contributed by atoms with Crippen molar-refractivity contribution in [2.75, 3.05) is 6.61 Å². The van der Waals surface area contributed by atoms with Crippen LogP contribution in [0.15, 0.2) is 48.5 Å². The highest BCUT2D eigenvalue weighted by Gasteiger charge is 2.56. The molecule has 0 spiro atoms. The Kier molecular flexibility index (Phi) is 9.46. The summed E-state index contributed by atoms with van der Waals surface area (Å²) in [4.78, 5) is 25.0. The number of esters is 2. The van der Waals surface area contributed by atoms with Crippen LogP contribution < -0.4 is 4.74 Å². The number of hydrogen-bond acceptors (Lipinski definition) is 14. The molecular formula is C27H32O14. The first-order valence-electron chi connectivity index (χ1n) is 12.8. The van der Waals surface area contributed by atoms with E-state index in [4.69, 9.17) is 18.9 Å². The molecule has 0 amide bonds. The van der Waals surface area contributed by atoms with Gasteiger partial charge in [0.1, 0.15) is 55.2 Å². The molecule has 0 aromatic heterocycles. The summed E-state index contributed by atoms with van der Waals surface area (Å²) in [5.74, 6) is -2.58. The van der Waals surface area contributed by atoms with Crippen molar-refractivity contribution in [1.82, 2.24) is 0 Å². The lowest BCUT2D eigenvalue weighted by Gasteiger charge is -2.41. The molecule has 0 radical (unpaired) electrons. The summed E-state index contributed by atoms with van der Waals surface area (Å²) in [7, 11) is 0. The average molecular weight is 581 g/mol. The van der Waals surface area contributed by atoms with Crippen molar-refractivity contribution in [1.29, 1.82) is 0 Å². The summed E-state index contributed by atoms with van der Waals surface area (Å²) in [6, 6.07) is 11.5. The van der Waals surface area contributed by atoms with E-state index in [2.05, 4.69) is 0 Å². The third-order valence-corrected chi connectivity index (χ3v) is 7.09. The van der Waals surface area contributed by atoms with Crippen LogP contribution in [0.3, 0.4) is 0 Å². The van der Waals surface area contributed by atoms with Gasteiger partial charge in [-0.1, -0.05) is 18.2 Å². The number of ether oxygens (including phenoxy) is 4. The van der Waals surface area contributed by atoms with E-state index in [1.54, 1.807) is 18.2 Å². The molecule has 41 heavy (non-hydrogen) atoms. The van der Waals surface area contributed by atoms with Crippen LogP contribution in [0.1, 0.15) is 28.8 Å². The number of aliphatic hydroxyl groups excluding tert-OH is 6. The predicted octanol–water partition coefficient (Wildman–Crippen LogP) is -1.91. The molecule has 224 valence electrons. The van der Waals surface area contributed by atoms with Gasteiger partial charge in [0.2, 0.25) is 11.9 Å². The number of phenolic OH excluding ortho intramolecular Hbond substituents is 1. The van der Waals surface area contributed by atoms with E-state index in [9.17, 15) is 50.4 Å². The Bertz CT molecular complexity index is 1210. The zero-order valence-electron chi connectivity index (χ0n) is 21.6. The van der Waals surface area contributed by atoms with Crippen LogP contribution in [0.2, 0.25) is 0 Å². The van der Waals surface area contributed by atoms with Crippen LogP contribution in [-0.4, -0.2) is 114 Å². The fourth-order valence-corrected chi connectivity index (χ4v) is 4.60. The molecule has 1 aliphatic carbocycles. The van der Waals surface area contributed by atoms with Gasteiger partial charge < -0.3 is 59.8 Å². The minimum absolute atomic E-state index is 0.0224. The minimum Gasteiger partial charge on any atom is -0.508 e. The lowest BCUT2D eigenvalue weighted by Crippen LogP contribution is -2.65. The molecule has 8 N–H and O–H groups in total. The highest BCUT2D eigenvalue weighted by atomic mass is 16.7. The van der Waals surface area contributed by atoms with E-state index >= 15 is 0 Å². The number of benzene rings is 2. The average Bonchev–Trinajstić information content (AvgIpc) is 2.97.